The van der Waals surface area contributed by atoms with E-state index in [4.69, 9.17) is 20.8 Å². The molecule has 0 atom stereocenters. The van der Waals surface area contributed by atoms with E-state index < -0.39 is 0 Å². The molecule has 5 nitrogen and oxygen atoms in total. The number of aromatic hydroxyl groups is 1. The summed E-state index contributed by atoms with van der Waals surface area (Å²) in [6.45, 7) is 8.01. The quantitative estimate of drug-likeness (QED) is 0.201. The van der Waals surface area contributed by atoms with Crippen molar-refractivity contribution in [2.75, 3.05) is 26.2 Å². The molecule has 0 spiro atoms. The highest BCUT2D eigenvalue weighted by atomic mass is 35.5. The van der Waals surface area contributed by atoms with Crippen molar-refractivity contribution in [3.63, 3.8) is 0 Å². The predicted octanol–water partition coefficient (Wildman–Crippen LogP) is 6.80. The first kappa shape index (κ1) is 23.9. The molecular weight excluding hydrogens is 450 g/mol. The number of hydrogen-bond donors (Lipinski definition) is 1. The van der Waals surface area contributed by atoms with Crippen LogP contribution in [0.25, 0.3) is 22.3 Å². The van der Waals surface area contributed by atoms with E-state index in [-0.39, 0.29) is 11.5 Å². The number of carbonyl (C=O) groups excluding carboxylic acids is 1. The summed E-state index contributed by atoms with van der Waals surface area (Å²) >= 11 is 6.23. The Morgan fingerprint density at radius 3 is 2.38 bits per heavy atom. The Bertz CT molecular complexity index is 1260. The maximum absolute atomic E-state index is 13.6. The van der Waals surface area contributed by atoms with Crippen LogP contribution in [0.1, 0.15) is 36.2 Å². The van der Waals surface area contributed by atoms with Gasteiger partial charge in [0.25, 0.3) is 0 Å². The van der Waals surface area contributed by atoms with Crippen LogP contribution in [0.2, 0.25) is 5.02 Å². The smallest absolute Gasteiger partial charge is 0.197 e. The average Bonchev–Trinajstić information content (AvgIpc) is 3.23. The van der Waals surface area contributed by atoms with Crippen molar-refractivity contribution in [2.24, 2.45) is 0 Å². The minimum Gasteiger partial charge on any atom is -0.508 e. The van der Waals surface area contributed by atoms with E-state index in [9.17, 15) is 9.90 Å². The lowest BCUT2D eigenvalue weighted by Gasteiger charge is -2.17. The molecule has 1 N–H and O–H groups in total. The first-order chi connectivity index (χ1) is 16.5. The fourth-order valence-corrected chi connectivity index (χ4v) is 4.15. The number of nitrogens with zero attached hydrogens (tertiary/aromatic N) is 1. The second-order valence-corrected chi connectivity index (χ2v) is 8.51. The van der Waals surface area contributed by atoms with E-state index in [0.29, 0.717) is 45.0 Å². The summed E-state index contributed by atoms with van der Waals surface area (Å²) in [5.41, 5.74) is 2.24. The van der Waals surface area contributed by atoms with E-state index in [2.05, 4.69) is 18.7 Å². The highest BCUT2D eigenvalue weighted by molar-refractivity contribution is 6.32. The van der Waals surface area contributed by atoms with Gasteiger partial charge in [0.2, 0.25) is 0 Å². The van der Waals surface area contributed by atoms with Crippen LogP contribution < -0.4 is 4.74 Å². The highest BCUT2D eigenvalue weighted by Crippen LogP contribution is 2.37. The molecule has 4 rings (SSSR count). The van der Waals surface area contributed by atoms with Crippen molar-refractivity contribution in [2.45, 2.75) is 20.3 Å². The molecule has 3 aromatic carbocycles. The van der Waals surface area contributed by atoms with Gasteiger partial charge in [-0.2, -0.15) is 0 Å². The third kappa shape index (κ3) is 5.27. The third-order valence-electron chi connectivity index (χ3n) is 5.90. The molecule has 1 aromatic heterocycles. The topological polar surface area (TPSA) is 62.9 Å². The lowest BCUT2D eigenvalue weighted by Crippen LogP contribution is -2.25. The molecule has 34 heavy (non-hydrogen) atoms. The van der Waals surface area contributed by atoms with Crippen molar-refractivity contribution >= 4 is 28.4 Å². The lowest BCUT2D eigenvalue weighted by molar-refractivity contribution is 0.104. The van der Waals surface area contributed by atoms with Crippen molar-refractivity contribution < 1.29 is 19.1 Å². The van der Waals surface area contributed by atoms with Gasteiger partial charge < -0.3 is 19.2 Å². The molecule has 0 saturated heterocycles. The van der Waals surface area contributed by atoms with Gasteiger partial charge in [-0.15, -0.1) is 0 Å². The molecule has 0 fully saturated rings. The van der Waals surface area contributed by atoms with Crippen LogP contribution in [-0.4, -0.2) is 42.0 Å². The van der Waals surface area contributed by atoms with Gasteiger partial charge in [-0.3, -0.25) is 4.79 Å². The summed E-state index contributed by atoms with van der Waals surface area (Å²) in [5, 5.41) is 10.8. The molecule has 0 aliphatic heterocycles. The molecule has 0 amide bonds. The first-order valence-corrected chi connectivity index (χ1v) is 11.9. The fraction of sp³-hybridized carbons (Fsp3) is 0.250. The lowest BCUT2D eigenvalue weighted by atomic mass is 9.97. The molecule has 0 aliphatic rings. The maximum Gasteiger partial charge on any atom is 0.197 e. The maximum atomic E-state index is 13.6. The molecule has 1 heterocycles. The van der Waals surface area contributed by atoms with Crippen LogP contribution in [0.4, 0.5) is 0 Å². The minimum atomic E-state index is -0.169. The molecule has 0 bridgehead atoms. The summed E-state index contributed by atoms with van der Waals surface area (Å²) in [4.78, 5) is 16.0. The summed E-state index contributed by atoms with van der Waals surface area (Å²) in [6, 6.07) is 19.0. The van der Waals surface area contributed by atoms with Crippen LogP contribution in [0, 0.1) is 0 Å². The molecule has 0 aliphatic carbocycles. The first-order valence-electron chi connectivity index (χ1n) is 11.5. The van der Waals surface area contributed by atoms with Crippen LogP contribution in [0.5, 0.6) is 11.5 Å². The van der Waals surface area contributed by atoms with E-state index >= 15 is 0 Å². The number of carbonyl (C=O) groups is 1. The third-order valence-corrected chi connectivity index (χ3v) is 6.14. The zero-order valence-corrected chi connectivity index (χ0v) is 20.1. The zero-order chi connectivity index (χ0) is 24.1. The second kappa shape index (κ2) is 10.8. The van der Waals surface area contributed by atoms with Gasteiger partial charge in [-0.1, -0.05) is 25.4 Å². The number of phenolic OH excluding ortho intramolecular Hbond substituents is 1. The highest BCUT2D eigenvalue weighted by Gasteiger charge is 2.23. The molecule has 4 aromatic rings. The summed E-state index contributed by atoms with van der Waals surface area (Å²) < 4.78 is 11.9. The van der Waals surface area contributed by atoms with Crippen LogP contribution in [-0.2, 0) is 0 Å². The minimum absolute atomic E-state index is 0.142. The van der Waals surface area contributed by atoms with Crippen LogP contribution in [0.3, 0.4) is 0 Å². The number of phenols is 1. The molecule has 0 radical (unpaired) electrons. The fourth-order valence-electron chi connectivity index (χ4n) is 3.98. The number of ether oxygens (including phenoxy) is 1. The molecule has 0 saturated carbocycles. The molecular formula is C28H28ClNO4. The number of rotatable bonds is 10. The second-order valence-electron chi connectivity index (χ2n) is 8.08. The van der Waals surface area contributed by atoms with E-state index in [1.165, 1.54) is 0 Å². The van der Waals surface area contributed by atoms with Gasteiger partial charge in [0.15, 0.2) is 5.78 Å². The van der Waals surface area contributed by atoms with Crippen LogP contribution in [0.15, 0.2) is 71.1 Å². The van der Waals surface area contributed by atoms with Gasteiger partial charge in [0.05, 0.1) is 12.2 Å². The number of fused-ring (bicyclic) bond motifs is 1. The van der Waals surface area contributed by atoms with Gasteiger partial charge >= 0.3 is 0 Å². The average molecular weight is 478 g/mol. The van der Waals surface area contributed by atoms with E-state index in [1.54, 1.807) is 54.6 Å². The Hall–Kier alpha value is -3.28. The summed E-state index contributed by atoms with van der Waals surface area (Å²) in [6.07, 6.45) is 0.945. The van der Waals surface area contributed by atoms with Gasteiger partial charge in [0.1, 0.15) is 22.8 Å². The Kier molecular flexibility index (Phi) is 7.56. The Morgan fingerprint density at radius 2 is 1.71 bits per heavy atom. The normalized spacial score (nSPS) is 11.3. The van der Waals surface area contributed by atoms with Crippen LogP contribution >= 0.6 is 11.6 Å². The van der Waals surface area contributed by atoms with Crippen molar-refractivity contribution in [3.8, 4) is 22.8 Å². The number of hydrogen-bond acceptors (Lipinski definition) is 5. The number of furan rings is 1. The standard InChI is InChI=1S/C28H28ClNO4/c1-3-30(4-2)16-5-17-33-23-13-8-19(9-14-23)27(32)26-24-18-21(29)10-15-25(24)34-28(26)20-6-11-22(31)12-7-20/h6-15,18,31H,3-5,16-17H2,1-2H3. The molecule has 0 unspecified atom stereocenters. The monoisotopic (exact) mass is 477 g/mol. The summed E-state index contributed by atoms with van der Waals surface area (Å²) in [5.74, 6) is 1.15. The SMILES string of the molecule is CCN(CC)CCCOc1ccc(C(=O)c2c(-c3ccc(O)cc3)oc3ccc(Cl)cc23)cc1. The Labute approximate surface area is 204 Å². The Morgan fingerprint density at radius 1 is 1.00 bits per heavy atom. The van der Waals surface area contributed by atoms with Gasteiger partial charge in [-0.25, -0.2) is 0 Å². The number of halogens is 1. The van der Waals surface area contributed by atoms with Crippen molar-refractivity contribution in [1.82, 2.24) is 4.90 Å². The molecule has 6 heteroatoms. The summed E-state index contributed by atoms with van der Waals surface area (Å²) in [7, 11) is 0. The van der Waals surface area contributed by atoms with Gasteiger partial charge in [0, 0.05) is 28.1 Å². The molecule has 176 valence electrons. The zero-order valence-electron chi connectivity index (χ0n) is 19.4. The van der Waals surface area contributed by atoms with E-state index in [1.807, 2.05) is 12.1 Å². The Balaban J connectivity index is 1.58. The van der Waals surface area contributed by atoms with Gasteiger partial charge in [-0.05, 0) is 86.2 Å². The number of benzene rings is 3. The van der Waals surface area contributed by atoms with E-state index in [0.717, 1.165) is 31.8 Å². The largest absolute Gasteiger partial charge is 0.508 e. The van der Waals surface area contributed by atoms with Crippen molar-refractivity contribution in [3.05, 3.63) is 82.9 Å². The predicted molar refractivity (Wildman–Crippen MR) is 136 cm³/mol. The number of ketones is 1. The van der Waals surface area contributed by atoms with Crippen molar-refractivity contribution in [1.29, 1.82) is 0 Å².